The molecule has 0 aliphatic carbocycles. The first-order valence-electron chi connectivity index (χ1n) is 6.61. The van der Waals surface area contributed by atoms with Crippen molar-refractivity contribution in [3.63, 3.8) is 0 Å². The van der Waals surface area contributed by atoms with E-state index in [1.54, 1.807) is 33.9 Å². The van der Waals surface area contributed by atoms with Gasteiger partial charge in [0.2, 0.25) is 0 Å². The molecule has 21 heavy (non-hydrogen) atoms. The van der Waals surface area contributed by atoms with E-state index in [9.17, 15) is 10.2 Å². The van der Waals surface area contributed by atoms with Crippen LogP contribution in [-0.4, -0.2) is 59.2 Å². The summed E-state index contributed by atoms with van der Waals surface area (Å²) in [6.45, 7) is -0.355. The van der Waals surface area contributed by atoms with Crippen LogP contribution in [-0.2, 0) is 4.74 Å². The molecule has 3 aromatic heterocycles. The van der Waals surface area contributed by atoms with Gasteiger partial charge in [-0.05, 0) is 6.07 Å². The second-order valence-corrected chi connectivity index (χ2v) is 5.09. The van der Waals surface area contributed by atoms with Crippen molar-refractivity contribution < 1.29 is 20.1 Å². The largest absolute Gasteiger partial charge is 0.394 e. The molecular formula is C13H14N4O4. The fraction of sp³-hybridized carbons (Fsp3) is 0.385. The van der Waals surface area contributed by atoms with E-state index >= 15 is 0 Å². The zero-order chi connectivity index (χ0) is 14.6. The van der Waals surface area contributed by atoms with E-state index in [1.807, 2.05) is 6.07 Å². The number of rotatable bonds is 2. The summed E-state index contributed by atoms with van der Waals surface area (Å²) in [4.78, 5) is 8.62. The van der Waals surface area contributed by atoms with Gasteiger partial charge in [0.05, 0.1) is 12.0 Å². The molecule has 0 saturated carbocycles. The molecule has 0 amide bonds. The summed E-state index contributed by atoms with van der Waals surface area (Å²) in [7, 11) is 0. The molecule has 8 heteroatoms. The van der Waals surface area contributed by atoms with E-state index in [2.05, 4.69) is 9.97 Å². The predicted molar refractivity (Wildman–Crippen MR) is 71.5 cm³/mol. The molecule has 1 aliphatic heterocycles. The van der Waals surface area contributed by atoms with E-state index in [1.165, 1.54) is 0 Å². The lowest BCUT2D eigenvalue weighted by Crippen LogP contribution is -2.33. The summed E-state index contributed by atoms with van der Waals surface area (Å²) in [6, 6.07) is 1.83. The van der Waals surface area contributed by atoms with E-state index in [-0.39, 0.29) is 6.61 Å². The Morgan fingerprint density at radius 1 is 1.14 bits per heavy atom. The van der Waals surface area contributed by atoms with Crippen molar-refractivity contribution in [2.45, 2.75) is 24.5 Å². The Hall–Kier alpha value is -2.00. The van der Waals surface area contributed by atoms with E-state index in [4.69, 9.17) is 9.84 Å². The van der Waals surface area contributed by atoms with Gasteiger partial charge < -0.3 is 24.6 Å². The monoisotopic (exact) mass is 290 g/mol. The van der Waals surface area contributed by atoms with Gasteiger partial charge in [-0.3, -0.25) is 4.40 Å². The summed E-state index contributed by atoms with van der Waals surface area (Å²) < 4.78 is 8.97. The molecule has 1 saturated heterocycles. The minimum atomic E-state index is -1.13. The van der Waals surface area contributed by atoms with Crippen molar-refractivity contribution in [1.29, 1.82) is 0 Å². The van der Waals surface area contributed by atoms with Crippen LogP contribution in [0.25, 0.3) is 16.7 Å². The standard InChI is InChI=1S/C13H14N4O4/c18-5-8-9(19)10(20)13(21-8)17-3-1-7-11-14-2-4-16(11)6-15-12(7)17/h1-4,6,8-10,13,18-20H,5H2/t8?,9-,10-,13?/m1/s1. The first kappa shape index (κ1) is 12.7. The van der Waals surface area contributed by atoms with E-state index < -0.39 is 24.5 Å². The third kappa shape index (κ3) is 1.70. The van der Waals surface area contributed by atoms with Gasteiger partial charge in [-0.15, -0.1) is 0 Å². The van der Waals surface area contributed by atoms with Gasteiger partial charge in [-0.25, -0.2) is 9.97 Å². The van der Waals surface area contributed by atoms with Crippen LogP contribution in [0.2, 0.25) is 0 Å². The van der Waals surface area contributed by atoms with E-state index in [0.717, 1.165) is 11.0 Å². The Morgan fingerprint density at radius 3 is 2.76 bits per heavy atom. The number of ether oxygens (including phenoxy) is 1. The first-order chi connectivity index (χ1) is 10.2. The normalized spacial score (nSPS) is 29.7. The lowest BCUT2D eigenvalue weighted by molar-refractivity contribution is -0.0508. The lowest BCUT2D eigenvalue weighted by atomic mass is 10.1. The Morgan fingerprint density at radius 2 is 2.00 bits per heavy atom. The van der Waals surface area contributed by atoms with Crippen LogP contribution >= 0.6 is 0 Å². The summed E-state index contributed by atoms with van der Waals surface area (Å²) in [5.74, 6) is 0. The number of aliphatic hydroxyl groups is 3. The van der Waals surface area contributed by atoms with Crippen molar-refractivity contribution in [3.8, 4) is 0 Å². The molecule has 4 atom stereocenters. The van der Waals surface area contributed by atoms with Gasteiger partial charge in [0.15, 0.2) is 6.23 Å². The molecule has 1 fully saturated rings. The van der Waals surface area contributed by atoms with Crippen LogP contribution < -0.4 is 0 Å². The minimum absolute atomic E-state index is 0.355. The van der Waals surface area contributed by atoms with Gasteiger partial charge in [0.25, 0.3) is 0 Å². The van der Waals surface area contributed by atoms with Crippen LogP contribution in [0.3, 0.4) is 0 Å². The average Bonchev–Trinajstić information content (AvgIpc) is 3.17. The number of hydrogen-bond donors (Lipinski definition) is 3. The Bertz CT molecular complexity index is 798. The van der Waals surface area contributed by atoms with Gasteiger partial charge in [0, 0.05) is 18.6 Å². The number of aromatic nitrogens is 4. The number of nitrogens with zero attached hydrogens (tertiary/aromatic N) is 4. The average molecular weight is 290 g/mol. The fourth-order valence-corrected chi connectivity index (χ4v) is 2.80. The molecule has 2 unspecified atom stereocenters. The molecule has 0 aromatic carbocycles. The van der Waals surface area contributed by atoms with Gasteiger partial charge in [0.1, 0.15) is 35.9 Å². The second kappa shape index (κ2) is 4.50. The molecule has 3 N–H and O–H groups in total. The lowest BCUT2D eigenvalue weighted by Gasteiger charge is -2.17. The van der Waals surface area contributed by atoms with Crippen molar-refractivity contribution in [2.24, 2.45) is 0 Å². The Labute approximate surface area is 118 Å². The minimum Gasteiger partial charge on any atom is -0.394 e. The number of hydrogen-bond acceptors (Lipinski definition) is 6. The number of aliphatic hydroxyl groups excluding tert-OH is 3. The van der Waals surface area contributed by atoms with Crippen LogP contribution in [0.15, 0.2) is 31.0 Å². The fourth-order valence-electron chi connectivity index (χ4n) is 2.80. The third-order valence-corrected chi connectivity index (χ3v) is 3.89. The molecule has 4 rings (SSSR count). The highest BCUT2D eigenvalue weighted by molar-refractivity contribution is 5.89. The molecule has 0 radical (unpaired) electrons. The van der Waals surface area contributed by atoms with Crippen molar-refractivity contribution in [3.05, 3.63) is 31.0 Å². The highest BCUT2D eigenvalue weighted by Gasteiger charge is 2.43. The number of imidazole rings is 1. The van der Waals surface area contributed by atoms with Crippen LogP contribution in [0, 0.1) is 0 Å². The zero-order valence-electron chi connectivity index (χ0n) is 10.9. The molecule has 4 heterocycles. The van der Waals surface area contributed by atoms with Crippen LogP contribution in [0.1, 0.15) is 6.23 Å². The summed E-state index contributed by atoms with van der Waals surface area (Å²) in [6.07, 6.45) is 2.97. The highest BCUT2D eigenvalue weighted by atomic mass is 16.6. The second-order valence-electron chi connectivity index (χ2n) is 5.09. The quantitative estimate of drug-likeness (QED) is 0.576. The first-order valence-corrected chi connectivity index (χ1v) is 6.61. The molecule has 110 valence electrons. The summed E-state index contributed by atoms with van der Waals surface area (Å²) >= 11 is 0. The Balaban J connectivity index is 1.84. The van der Waals surface area contributed by atoms with Crippen LogP contribution in [0.5, 0.6) is 0 Å². The van der Waals surface area contributed by atoms with E-state index in [0.29, 0.717) is 5.65 Å². The Kier molecular flexibility index (Phi) is 2.73. The predicted octanol–water partition coefficient (Wildman–Crippen LogP) is -0.705. The maximum atomic E-state index is 10.1. The van der Waals surface area contributed by atoms with Crippen molar-refractivity contribution in [2.75, 3.05) is 6.61 Å². The molecule has 1 aliphatic rings. The topological polar surface area (TPSA) is 105 Å². The smallest absolute Gasteiger partial charge is 0.164 e. The zero-order valence-corrected chi connectivity index (χ0v) is 10.9. The summed E-state index contributed by atoms with van der Waals surface area (Å²) in [5, 5.41) is 29.9. The number of fused-ring (bicyclic) bond motifs is 3. The molecular weight excluding hydrogens is 276 g/mol. The van der Waals surface area contributed by atoms with Crippen molar-refractivity contribution in [1.82, 2.24) is 18.9 Å². The van der Waals surface area contributed by atoms with Crippen molar-refractivity contribution >= 4 is 16.7 Å². The highest BCUT2D eigenvalue weighted by Crippen LogP contribution is 2.32. The molecule has 0 bridgehead atoms. The van der Waals surface area contributed by atoms with Gasteiger partial charge in [-0.1, -0.05) is 0 Å². The summed E-state index contributed by atoms with van der Waals surface area (Å²) in [5.41, 5.74) is 1.36. The molecule has 8 nitrogen and oxygen atoms in total. The van der Waals surface area contributed by atoms with Gasteiger partial charge in [-0.2, -0.15) is 0 Å². The maximum absolute atomic E-state index is 10.1. The third-order valence-electron chi connectivity index (χ3n) is 3.89. The SMILES string of the molecule is OCC1OC(n2ccc3c2ncn2ccnc32)[C@H](O)[C@@H]1O. The molecule has 3 aromatic rings. The maximum Gasteiger partial charge on any atom is 0.164 e. The van der Waals surface area contributed by atoms with Gasteiger partial charge >= 0.3 is 0 Å². The molecule has 0 spiro atoms. The van der Waals surface area contributed by atoms with Crippen LogP contribution in [0.4, 0.5) is 0 Å².